The van der Waals surface area contributed by atoms with Crippen molar-refractivity contribution in [3.8, 4) is 22.8 Å². The molecular weight excluding hydrogens is 392 g/mol. The van der Waals surface area contributed by atoms with E-state index in [0.717, 1.165) is 17.7 Å². The van der Waals surface area contributed by atoms with E-state index in [1.807, 2.05) is 54.6 Å². The first kappa shape index (κ1) is 20.4. The predicted octanol–water partition coefficient (Wildman–Crippen LogP) is 3.48. The van der Waals surface area contributed by atoms with Crippen molar-refractivity contribution >= 4 is 11.8 Å². The lowest BCUT2D eigenvalue weighted by Crippen LogP contribution is -2.27. The Morgan fingerprint density at radius 2 is 1.84 bits per heavy atom. The van der Waals surface area contributed by atoms with Crippen molar-refractivity contribution in [1.82, 2.24) is 14.7 Å². The van der Waals surface area contributed by atoms with E-state index in [4.69, 9.17) is 10.5 Å². The quantitative estimate of drug-likeness (QED) is 0.597. The van der Waals surface area contributed by atoms with Gasteiger partial charge in [0.1, 0.15) is 17.2 Å². The van der Waals surface area contributed by atoms with E-state index in [9.17, 15) is 9.59 Å². The van der Waals surface area contributed by atoms with Gasteiger partial charge in [-0.2, -0.15) is 5.10 Å². The first-order chi connectivity index (χ1) is 15.0. The number of amides is 2. The van der Waals surface area contributed by atoms with Gasteiger partial charge in [-0.15, -0.1) is 0 Å². The summed E-state index contributed by atoms with van der Waals surface area (Å²) >= 11 is 0. The number of rotatable bonds is 7. The number of benzene rings is 2. The zero-order valence-electron chi connectivity index (χ0n) is 17.1. The third-order valence-corrected chi connectivity index (χ3v) is 5.35. The average Bonchev–Trinajstić information content (AvgIpc) is 3.42. The number of primary amides is 1. The molecule has 0 aliphatic carbocycles. The molecule has 1 aliphatic heterocycles. The van der Waals surface area contributed by atoms with E-state index in [1.165, 1.54) is 6.08 Å². The van der Waals surface area contributed by atoms with E-state index in [2.05, 4.69) is 11.7 Å². The third-order valence-electron chi connectivity index (χ3n) is 5.35. The van der Waals surface area contributed by atoms with Crippen molar-refractivity contribution in [1.29, 1.82) is 0 Å². The van der Waals surface area contributed by atoms with Gasteiger partial charge in [-0.05, 0) is 54.8 Å². The average molecular weight is 416 g/mol. The van der Waals surface area contributed by atoms with Crippen LogP contribution in [-0.2, 0) is 11.3 Å². The van der Waals surface area contributed by atoms with Gasteiger partial charge in [0.2, 0.25) is 5.91 Å². The van der Waals surface area contributed by atoms with Crippen LogP contribution in [0.1, 0.15) is 16.8 Å². The van der Waals surface area contributed by atoms with Gasteiger partial charge in [-0.1, -0.05) is 24.8 Å². The lowest BCUT2D eigenvalue weighted by molar-refractivity contribution is -0.125. The van der Waals surface area contributed by atoms with Gasteiger partial charge < -0.3 is 15.4 Å². The summed E-state index contributed by atoms with van der Waals surface area (Å²) in [6, 6.07) is 16.9. The summed E-state index contributed by atoms with van der Waals surface area (Å²) in [5.41, 5.74) is 7.29. The smallest absolute Gasteiger partial charge is 0.252 e. The molecule has 0 radical (unpaired) electrons. The Hall–Kier alpha value is -3.87. The van der Waals surface area contributed by atoms with Gasteiger partial charge in [0.25, 0.3) is 5.91 Å². The maximum Gasteiger partial charge on any atom is 0.252 e. The molecule has 2 N–H and O–H groups in total. The number of hydrogen-bond donors (Lipinski definition) is 1. The molecule has 0 saturated carbocycles. The Morgan fingerprint density at radius 3 is 2.52 bits per heavy atom. The topological polar surface area (TPSA) is 90.5 Å². The Kier molecular flexibility index (Phi) is 5.84. The number of ether oxygens (including phenoxy) is 1. The standard InChI is InChI=1S/C24H24N4O3/c1-2-22(29)27-13-12-17(14-27)15-28-16-21(24(25)30)23(26-28)18-8-10-20(11-9-18)31-19-6-4-3-5-7-19/h2-11,16-17H,1,12-15H2,(H2,25,30). The van der Waals surface area contributed by atoms with Crippen molar-refractivity contribution in [2.24, 2.45) is 11.7 Å². The van der Waals surface area contributed by atoms with E-state index in [-0.39, 0.29) is 11.8 Å². The number of aromatic nitrogens is 2. The molecule has 3 aromatic rings. The zero-order valence-corrected chi connectivity index (χ0v) is 17.1. The van der Waals surface area contributed by atoms with Crippen LogP contribution in [0.5, 0.6) is 11.5 Å². The third kappa shape index (κ3) is 4.66. The summed E-state index contributed by atoms with van der Waals surface area (Å²) in [6.07, 6.45) is 3.90. The molecular formula is C24H24N4O3. The highest BCUT2D eigenvalue weighted by Crippen LogP contribution is 2.28. The maximum absolute atomic E-state index is 12.0. The molecule has 1 saturated heterocycles. The normalized spacial score (nSPS) is 15.6. The van der Waals surface area contributed by atoms with Crippen LogP contribution < -0.4 is 10.5 Å². The van der Waals surface area contributed by atoms with Crippen molar-refractivity contribution in [3.05, 3.63) is 79.0 Å². The molecule has 1 unspecified atom stereocenters. The molecule has 1 aliphatic rings. The first-order valence-electron chi connectivity index (χ1n) is 10.2. The Labute approximate surface area is 180 Å². The van der Waals surface area contributed by atoms with E-state index >= 15 is 0 Å². The van der Waals surface area contributed by atoms with Crippen LogP contribution in [0, 0.1) is 5.92 Å². The second-order valence-corrected chi connectivity index (χ2v) is 7.56. The zero-order chi connectivity index (χ0) is 21.8. The predicted molar refractivity (Wildman–Crippen MR) is 118 cm³/mol. The van der Waals surface area contributed by atoms with Crippen LogP contribution in [0.15, 0.2) is 73.4 Å². The number of likely N-dealkylation sites (tertiary alicyclic amines) is 1. The molecule has 31 heavy (non-hydrogen) atoms. The molecule has 4 rings (SSSR count). The Morgan fingerprint density at radius 1 is 1.13 bits per heavy atom. The summed E-state index contributed by atoms with van der Waals surface area (Å²) in [5, 5.41) is 4.62. The van der Waals surface area contributed by atoms with Gasteiger partial charge in [0.15, 0.2) is 0 Å². The lowest BCUT2D eigenvalue weighted by atomic mass is 10.1. The fourth-order valence-corrected chi connectivity index (χ4v) is 3.79. The number of para-hydroxylation sites is 1. The molecule has 1 aromatic heterocycles. The fraction of sp³-hybridized carbons (Fsp3) is 0.208. The van der Waals surface area contributed by atoms with Gasteiger partial charge in [0, 0.05) is 31.4 Å². The number of carbonyl (C=O) groups is 2. The highest BCUT2D eigenvalue weighted by molar-refractivity contribution is 5.98. The van der Waals surface area contributed by atoms with Gasteiger partial charge in [-0.25, -0.2) is 0 Å². The van der Waals surface area contributed by atoms with Gasteiger partial charge in [-0.3, -0.25) is 14.3 Å². The minimum absolute atomic E-state index is 0.0562. The highest BCUT2D eigenvalue weighted by atomic mass is 16.5. The van der Waals surface area contributed by atoms with Crippen LogP contribution >= 0.6 is 0 Å². The Bertz CT molecular complexity index is 1090. The number of hydrogen-bond acceptors (Lipinski definition) is 4. The molecule has 158 valence electrons. The van der Waals surface area contributed by atoms with Crippen molar-refractivity contribution < 1.29 is 14.3 Å². The summed E-state index contributed by atoms with van der Waals surface area (Å²) in [5.74, 6) is 1.12. The van der Waals surface area contributed by atoms with Crippen LogP contribution in [0.3, 0.4) is 0 Å². The second kappa shape index (κ2) is 8.87. The van der Waals surface area contributed by atoms with Gasteiger partial charge >= 0.3 is 0 Å². The summed E-state index contributed by atoms with van der Waals surface area (Å²) < 4.78 is 7.57. The van der Waals surface area contributed by atoms with Gasteiger partial charge in [0.05, 0.1) is 5.56 Å². The molecule has 7 nitrogen and oxygen atoms in total. The molecule has 1 fully saturated rings. The molecule has 2 heterocycles. The molecule has 2 amide bonds. The van der Waals surface area contributed by atoms with Crippen LogP contribution in [0.4, 0.5) is 0 Å². The SMILES string of the molecule is C=CC(=O)N1CCC(Cn2cc(C(N)=O)c(-c3ccc(Oc4ccccc4)cc3)n2)C1. The largest absolute Gasteiger partial charge is 0.457 e. The van der Waals surface area contributed by atoms with Crippen molar-refractivity contribution in [3.63, 3.8) is 0 Å². The number of nitrogens with two attached hydrogens (primary N) is 1. The second-order valence-electron chi connectivity index (χ2n) is 7.56. The van der Waals surface area contributed by atoms with Crippen LogP contribution in [-0.4, -0.2) is 39.6 Å². The number of nitrogens with zero attached hydrogens (tertiary/aromatic N) is 3. The minimum Gasteiger partial charge on any atom is -0.457 e. The van der Waals surface area contributed by atoms with E-state index in [0.29, 0.717) is 36.6 Å². The summed E-state index contributed by atoms with van der Waals surface area (Å²) in [4.78, 5) is 25.6. The Balaban J connectivity index is 1.50. The summed E-state index contributed by atoms with van der Waals surface area (Å²) in [7, 11) is 0. The fourth-order valence-electron chi connectivity index (χ4n) is 3.79. The van der Waals surface area contributed by atoms with E-state index in [1.54, 1.807) is 15.8 Å². The highest BCUT2D eigenvalue weighted by Gasteiger charge is 2.26. The first-order valence-corrected chi connectivity index (χ1v) is 10.2. The minimum atomic E-state index is -0.527. The molecule has 0 bridgehead atoms. The molecule has 7 heteroatoms. The van der Waals surface area contributed by atoms with Crippen molar-refractivity contribution in [2.45, 2.75) is 13.0 Å². The molecule has 0 spiro atoms. The summed E-state index contributed by atoms with van der Waals surface area (Å²) in [6.45, 7) is 5.50. The monoisotopic (exact) mass is 416 g/mol. The lowest BCUT2D eigenvalue weighted by Gasteiger charge is -2.14. The maximum atomic E-state index is 12.0. The molecule has 1 atom stereocenters. The van der Waals surface area contributed by atoms with Crippen molar-refractivity contribution in [2.75, 3.05) is 13.1 Å². The van der Waals surface area contributed by atoms with Crippen LogP contribution in [0.2, 0.25) is 0 Å². The molecule has 2 aromatic carbocycles. The van der Waals surface area contributed by atoms with Crippen LogP contribution in [0.25, 0.3) is 11.3 Å². The van der Waals surface area contributed by atoms with E-state index < -0.39 is 5.91 Å². The number of carbonyl (C=O) groups excluding carboxylic acids is 2.